The van der Waals surface area contributed by atoms with Crippen LogP contribution >= 0.6 is 0 Å². The highest BCUT2D eigenvalue weighted by atomic mass is 19.4. The van der Waals surface area contributed by atoms with Crippen molar-refractivity contribution in [1.29, 1.82) is 0 Å². The Bertz CT molecular complexity index is 1400. The summed E-state index contributed by atoms with van der Waals surface area (Å²) in [4.78, 5) is 20.0. The van der Waals surface area contributed by atoms with Crippen LogP contribution in [-0.2, 0) is 18.0 Å². The first-order valence-electron chi connectivity index (χ1n) is 10.9. The number of nitrogens with one attached hydrogen (secondary N) is 1. The Kier molecular flexibility index (Phi) is 5.65. The summed E-state index contributed by atoms with van der Waals surface area (Å²) >= 11 is 0. The molecule has 176 valence electrons. The van der Waals surface area contributed by atoms with Gasteiger partial charge in [-0.3, -0.25) is 4.79 Å². The van der Waals surface area contributed by atoms with Crippen LogP contribution in [-0.4, -0.2) is 27.7 Å². The number of hydrogen-bond acceptors (Lipinski definition) is 4. The number of halogens is 3. The third-order valence-corrected chi connectivity index (χ3v) is 6.01. The summed E-state index contributed by atoms with van der Waals surface area (Å²) in [5, 5.41) is 0. The molecule has 3 heterocycles. The number of ether oxygens (including phenoxy) is 2. The maximum Gasteiger partial charge on any atom is 0.416 e. The zero-order chi connectivity index (χ0) is 23.9. The van der Waals surface area contributed by atoms with Gasteiger partial charge in [0.15, 0.2) is 5.75 Å². The third kappa shape index (κ3) is 4.31. The number of aryl methyl sites for hydroxylation is 1. The van der Waals surface area contributed by atoms with Crippen LogP contribution in [0.4, 0.5) is 13.2 Å². The molecule has 1 aliphatic rings. The number of rotatable bonds is 4. The molecule has 2 aromatic heterocycles. The quantitative estimate of drug-likeness (QED) is 0.420. The maximum absolute atomic E-state index is 13.3. The number of fused-ring (bicyclic) bond motifs is 1. The van der Waals surface area contributed by atoms with Gasteiger partial charge in [0, 0.05) is 49.6 Å². The molecular formula is C25H22F3N3O3. The van der Waals surface area contributed by atoms with E-state index in [4.69, 9.17) is 14.5 Å². The summed E-state index contributed by atoms with van der Waals surface area (Å²) in [6, 6.07) is 11.5. The van der Waals surface area contributed by atoms with Gasteiger partial charge in [-0.05, 0) is 49.2 Å². The van der Waals surface area contributed by atoms with E-state index in [1.807, 2.05) is 12.1 Å². The molecule has 6 nitrogen and oxygen atoms in total. The molecule has 1 fully saturated rings. The molecule has 1 aliphatic heterocycles. The summed E-state index contributed by atoms with van der Waals surface area (Å²) in [6.45, 7) is 1.30. The van der Waals surface area contributed by atoms with Crippen LogP contribution in [0.25, 0.3) is 22.2 Å². The van der Waals surface area contributed by atoms with E-state index in [-0.39, 0.29) is 17.2 Å². The minimum absolute atomic E-state index is 0.0454. The van der Waals surface area contributed by atoms with Crippen LogP contribution in [0.5, 0.6) is 11.5 Å². The fourth-order valence-electron chi connectivity index (χ4n) is 4.17. The molecule has 9 heteroatoms. The first-order chi connectivity index (χ1) is 16.3. The van der Waals surface area contributed by atoms with Crippen LogP contribution in [0.2, 0.25) is 0 Å². The Hall–Kier alpha value is -3.59. The molecule has 1 saturated heterocycles. The highest BCUT2D eigenvalue weighted by molar-refractivity contribution is 5.91. The monoisotopic (exact) mass is 469 g/mol. The third-order valence-electron chi connectivity index (χ3n) is 6.01. The Morgan fingerprint density at radius 3 is 2.65 bits per heavy atom. The lowest BCUT2D eigenvalue weighted by molar-refractivity contribution is -0.137. The fourth-order valence-corrected chi connectivity index (χ4v) is 4.17. The molecule has 0 aliphatic carbocycles. The number of hydrogen-bond donors (Lipinski definition) is 1. The number of benzene rings is 2. The minimum Gasteiger partial charge on any atom is -0.454 e. The predicted octanol–water partition coefficient (Wildman–Crippen LogP) is 5.63. The van der Waals surface area contributed by atoms with Crippen molar-refractivity contribution >= 4 is 11.0 Å². The van der Waals surface area contributed by atoms with Gasteiger partial charge in [0.05, 0.1) is 11.1 Å². The number of nitrogens with zero attached hydrogens (tertiary/aromatic N) is 2. The molecule has 2 aromatic carbocycles. The van der Waals surface area contributed by atoms with Crippen molar-refractivity contribution in [2.45, 2.75) is 24.9 Å². The lowest BCUT2D eigenvalue weighted by Gasteiger charge is -2.19. The fraction of sp³-hybridized carbons (Fsp3) is 0.280. The highest BCUT2D eigenvalue weighted by Gasteiger charge is 2.31. The van der Waals surface area contributed by atoms with Crippen molar-refractivity contribution in [3.05, 3.63) is 76.5 Å². The van der Waals surface area contributed by atoms with Gasteiger partial charge in [-0.15, -0.1) is 0 Å². The lowest BCUT2D eigenvalue weighted by Crippen LogP contribution is -2.15. The normalized spacial score (nSPS) is 15.1. The molecule has 0 bridgehead atoms. The maximum atomic E-state index is 13.3. The van der Waals surface area contributed by atoms with Crippen molar-refractivity contribution in [3.8, 4) is 22.6 Å². The minimum atomic E-state index is -4.49. The SMILES string of the molecule is Cn1cc(-c2ccc3[nH]c(C4CCOCC4)nc3c2Oc2cccc(C(F)(F)F)c2)ccc1=O. The zero-order valence-corrected chi connectivity index (χ0v) is 18.4. The van der Waals surface area contributed by atoms with Gasteiger partial charge in [-0.2, -0.15) is 13.2 Å². The molecule has 0 spiro atoms. The number of aromatic nitrogens is 3. The van der Waals surface area contributed by atoms with Crippen molar-refractivity contribution in [2.24, 2.45) is 7.05 Å². The summed E-state index contributed by atoms with van der Waals surface area (Å²) in [6.07, 6.45) is -1.17. The molecule has 5 rings (SSSR count). The molecule has 0 radical (unpaired) electrons. The van der Waals surface area contributed by atoms with Gasteiger partial charge in [0.25, 0.3) is 0 Å². The zero-order valence-electron chi connectivity index (χ0n) is 18.4. The molecular weight excluding hydrogens is 447 g/mol. The number of pyridine rings is 1. The summed E-state index contributed by atoms with van der Waals surface area (Å²) < 4.78 is 52.8. The number of imidazole rings is 1. The second kappa shape index (κ2) is 8.64. The smallest absolute Gasteiger partial charge is 0.416 e. The number of aromatic amines is 1. The van der Waals surface area contributed by atoms with E-state index >= 15 is 0 Å². The lowest BCUT2D eigenvalue weighted by atomic mass is 10.00. The van der Waals surface area contributed by atoms with E-state index < -0.39 is 11.7 Å². The van der Waals surface area contributed by atoms with E-state index in [2.05, 4.69) is 4.98 Å². The molecule has 0 atom stereocenters. The molecule has 34 heavy (non-hydrogen) atoms. The number of alkyl halides is 3. The molecule has 0 amide bonds. The Labute approximate surface area is 193 Å². The average Bonchev–Trinajstić information content (AvgIpc) is 3.26. The first-order valence-corrected chi connectivity index (χ1v) is 10.9. The molecule has 0 saturated carbocycles. The first kappa shape index (κ1) is 22.2. The van der Waals surface area contributed by atoms with Crippen molar-refractivity contribution in [1.82, 2.24) is 14.5 Å². The molecule has 4 aromatic rings. The van der Waals surface area contributed by atoms with E-state index in [1.165, 1.54) is 22.8 Å². The van der Waals surface area contributed by atoms with Crippen molar-refractivity contribution in [2.75, 3.05) is 13.2 Å². The van der Waals surface area contributed by atoms with Crippen molar-refractivity contribution in [3.63, 3.8) is 0 Å². The largest absolute Gasteiger partial charge is 0.454 e. The van der Waals surface area contributed by atoms with E-state index in [0.717, 1.165) is 36.3 Å². The van der Waals surface area contributed by atoms with Gasteiger partial charge < -0.3 is 19.0 Å². The summed E-state index contributed by atoms with van der Waals surface area (Å²) in [7, 11) is 1.63. The Balaban J connectivity index is 1.66. The van der Waals surface area contributed by atoms with Crippen molar-refractivity contribution < 1.29 is 22.6 Å². The van der Waals surface area contributed by atoms with Crippen LogP contribution in [0, 0.1) is 0 Å². The van der Waals surface area contributed by atoms with Gasteiger partial charge in [-0.25, -0.2) is 4.98 Å². The van der Waals surface area contributed by atoms with E-state index in [9.17, 15) is 18.0 Å². The second-order valence-corrected chi connectivity index (χ2v) is 8.34. The standard InChI is InChI=1S/C25H22F3N3O3/c1-31-14-16(5-8-21(31)32)19-6-7-20-22(30-24(29-20)15-9-11-33-12-10-15)23(19)34-18-4-2-3-17(13-18)25(26,27)28/h2-8,13-15H,9-12H2,1H3,(H,29,30). The molecule has 1 N–H and O–H groups in total. The topological polar surface area (TPSA) is 69.1 Å². The van der Waals surface area contributed by atoms with E-state index in [0.29, 0.717) is 35.6 Å². The van der Waals surface area contributed by atoms with Gasteiger partial charge >= 0.3 is 6.18 Å². The van der Waals surface area contributed by atoms with Crippen LogP contribution in [0.1, 0.15) is 30.1 Å². The van der Waals surface area contributed by atoms with Gasteiger partial charge in [-0.1, -0.05) is 6.07 Å². The second-order valence-electron chi connectivity index (χ2n) is 8.34. The number of H-pyrrole nitrogens is 1. The van der Waals surface area contributed by atoms with Gasteiger partial charge in [0.1, 0.15) is 17.1 Å². The van der Waals surface area contributed by atoms with Crippen LogP contribution < -0.4 is 10.3 Å². The molecule has 0 unspecified atom stereocenters. The summed E-state index contributed by atoms with van der Waals surface area (Å²) in [5.74, 6) is 1.36. The highest BCUT2D eigenvalue weighted by Crippen LogP contribution is 2.41. The summed E-state index contributed by atoms with van der Waals surface area (Å²) in [5.41, 5.74) is 1.56. The average molecular weight is 469 g/mol. The Morgan fingerprint density at radius 1 is 1.12 bits per heavy atom. The van der Waals surface area contributed by atoms with Crippen LogP contribution in [0.15, 0.2) is 59.5 Å². The van der Waals surface area contributed by atoms with Gasteiger partial charge in [0.2, 0.25) is 5.56 Å². The van der Waals surface area contributed by atoms with E-state index in [1.54, 1.807) is 19.3 Å². The Morgan fingerprint density at radius 2 is 1.91 bits per heavy atom. The van der Waals surface area contributed by atoms with Crippen LogP contribution in [0.3, 0.4) is 0 Å². The predicted molar refractivity (Wildman–Crippen MR) is 121 cm³/mol.